The van der Waals surface area contributed by atoms with Crippen LogP contribution in [0.25, 0.3) is 0 Å². The lowest BCUT2D eigenvalue weighted by Gasteiger charge is -2.13. The Bertz CT molecular complexity index is 781. The average molecular weight is 346 g/mol. The van der Waals surface area contributed by atoms with E-state index in [1.165, 1.54) is 0 Å². The number of hydrogen-bond donors (Lipinski definition) is 0. The Labute approximate surface area is 154 Å². The van der Waals surface area contributed by atoms with Gasteiger partial charge in [-0.25, -0.2) is 0 Å². The molecule has 0 radical (unpaired) electrons. The third-order valence-corrected chi connectivity index (χ3v) is 4.16. The van der Waals surface area contributed by atoms with E-state index in [1.807, 2.05) is 66.7 Å². The van der Waals surface area contributed by atoms with E-state index in [1.54, 1.807) is 14.2 Å². The molecular weight excluding hydrogens is 324 g/mol. The molecule has 0 atom stereocenters. The quantitative estimate of drug-likeness (QED) is 0.534. The molecule has 0 saturated carbocycles. The molecule has 0 aliphatic carbocycles. The van der Waals surface area contributed by atoms with E-state index >= 15 is 0 Å². The van der Waals surface area contributed by atoms with Crippen LogP contribution in [0.1, 0.15) is 22.7 Å². The standard InChI is InChI=1S/C22H22N2O2/c1-25-20-12-8-18(9-13-20)22(19-10-14-21(26-2)15-11-19)24-23-16-17-6-4-3-5-7-17/h3-15,22H,16H2,1-2H3. The van der Waals surface area contributed by atoms with Gasteiger partial charge < -0.3 is 9.47 Å². The van der Waals surface area contributed by atoms with Crippen LogP contribution >= 0.6 is 0 Å². The van der Waals surface area contributed by atoms with E-state index in [4.69, 9.17) is 9.47 Å². The Morgan fingerprint density at radius 1 is 0.692 bits per heavy atom. The first-order valence-electron chi connectivity index (χ1n) is 8.48. The van der Waals surface area contributed by atoms with Gasteiger partial charge in [0.05, 0.1) is 20.8 Å². The highest BCUT2D eigenvalue weighted by Gasteiger charge is 2.14. The Morgan fingerprint density at radius 2 is 1.19 bits per heavy atom. The van der Waals surface area contributed by atoms with Crippen LogP contribution in [0.5, 0.6) is 11.5 Å². The topological polar surface area (TPSA) is 43.2 Å². The maximum atomic E-state index is 5.25. The van der Waals surface area contributed by atoms with E-state index in [0.717, 1.165) is 28.2 Å². The van der Waals surface area contributed by atoms with Gasteiger partial charge in [0.1, 0.15) is 17.5 Å². The van der Waals surface area contributed by atoms with Gasteiger partial charge in [0.2, 0.25) is 0 Å². The summed E-state index contributed by atoms with van der Waals surface area (Å²) in [5.74, 6) is 1.65. The fraction of sp³-hybridized carbons (Fsp3) is 0.182. The zero-order chi connectivity index (χ0) is 18.2. The summed E-state index contributed by atoms with van der Waals surface area (Å²) in [6.07, 6.45) is 0. The molecule has 132 valence electrons. The van der Waals surface area contributed by atoms with Crippen molar-refractivity contribution in [2.24, 2.45) is 10.2 Å². The molecule has 0 saturated heterocycles. The Kier molecular flexibility index (Phi) is 5.99. The van der Waals surface area contributed by atoms with Gasteiger partial charge in [0.15, 0.2) is 0 Å². The van der Waals surface area contributed by atoms with Gasteiger partial charge in [-0.05, 0) is 41.0 Å². The number of hydrogen-bond acceptors (Lipinski definition) is 4. The highest BCUT2D eigenvalue weighted by Crippen LogP contribution is 2.29. The number of methoxy groups -OCH3 is 2. The minimum atomic E-state index is -0.171. The van der Waals surface area contributed by atoms with Crippen LogP contribution in [0.2, 0.25) is 0 Å². The smallest absolute Gasteiger partial charge is 0.121 e. The maximum absolute atomic E-state index is 5.25. The molecule has 4 heteroatoms. The highest BCUT2D eigenvalue weighted by molar-refractivity contribution is 5.37. The molecule has 0 unspecified atom stereocenters. The van der Waals surface area contributed by atoms with Crippen molar-refractivity contribution in [2.45, 2.75) is 12.6 Å². The maximum Gasteiger partial charge on any atom is 0.121 e. The second-order valence-electron chi connectivity index (χ2n) is 5.85. The van der Waals surface area contributed by atoms with Gasteiger partial charge >= 0.3 is 0 Å². The Balaban J connectivity index is 1.86. The van der Waals surface area contributed by atoms with Gasteiger partial charge in [-0.2, -0.15) is 10.2 Å². The van der Waals surface area contributed by atoms with Crippen LogP contribution < -0.4 is 9.47 Å². The van der Waals surface area contributed by atoms with Crippen molar-refractivity contribution in [1.82, 2.24) is 0 Å². The fourth-order valence-electron chi connectivity index (χ4n) is 2.69. The Hall–Kier alpha value is -3.14. The molecule has 0 bridgehead atoms. The molecule has 0 heterocycles. The van der Waals surface area contributed by atoms with Gasteiger partial charge in [-0.3, -0.25) is 0 Å². The SMILES string of the molecule is COc1ccc(C(N=NCc2ccccc2)c2ccc(OC)cc2)cc1. The first kappa shape index (κ1) is 17.7. The molecule has 3 aromatic carbocycles. The predicted octanol–water partition coefficient (Wildman–Crippen LogP) is 5.45. The van der Waals surface area contributed by atoms with Crippen LogP contribution in [0.4, 0.5) is 0 Å². The van der Waals surface area contributed by atoms with Crippen molar-refractivity contribution < 1.29 is 9.47 Å². The van der Waals surface area contributed by atoms with Crippen LogP contribution in [0, 0.1) is 0 Å². The lowest BCUT2D eigenvalue weighted by atomic mass is 9.99. The summed E-state index contributed by atoms with van der Waals surface area (Å²) in [6.45, 7) is 0.559. The summed E-state index contributed by atoms with van der Waals surface area (Å²) < 4.78 is 10.5. The summed E-state index contributed by atoms with van der Waals surface area (Å²) in [5, 5.41) is 9.06. The number of rotatable bonds is 7. The first-order valence-corrected chi connectivity index (χ1v) is 8.48. The molecule has 3 rings (SSSR count). The van der Waals surface area contributed by atoms with E-state index in [-0.39, 0.29) is 6.04 Å². The number of azo groups is 1. The van der Waals surface area contributed by atoms with E-state index in [0.29, 0.717) is 6.54 Å². The molecule has 0 N–H and O–H groups in total. The number of nitrogens with zero attached hydrogens (tertiary/aromatic N) is 2. The third-order valence-electron chi connectivity index (χ3n) is 4.16. The molecule has 3 aromatic rings. The second-order valence-corrected chi connectivity index (χ2v) is 5.85. The van der Waals surface area contributed by atoms with Crippen molar-refractivity contribution in [1.29, 1.82) is 0 Å². The molecular formula is C22H22N2O2. The normalized spacial score (nSPS) is 11.0. The number of benzene rings is 3. The Morgan fingerprint density at radius 3 is 1.65 bits per heavy atom. The summed E-state index contributed by atoms with van der Waals surface area (Å²) in [6, 6.07) is 25.8. The van der Waals surface area contributed by atoms with E-state index in [9.17, 15) is 0 Å². The van der Waals surface area contributed by atoms with Gasteiger partial charge in [0.25, 0.3) is 0 Å². The van der Waals surface area contributed by atoms with E-state index in [2.05, 4.69) is 22.4 Å². The van der Waals surface area contributed by atoms with Crippen LogP contribution in [-0.2, 0) is 6.54 Å². The van der Waals surface area contributed by atoms with Crippen molar-refractivity contribution in [2.75, 3.05) is 14.2 Å². The van der Waals surface area contributed by atoms with Crippen molar-refractivity contribution in [3.05, 3.63) is 95.6 Å². The van der Waals surface area contributed by atoms with Crippen molar-refractivity contribution in [3.8, 4) is 11.5 Å². The number of ether oxygens (including phenoxy) is 2. The summed E-state index contributed by atoms with van der Waals surface area (Å²) in [4.78, 5) is 0. The monoisotopic (exact) mass is 346 g/mol. The van der Waals surface area contributed by atoms with Gasteiger partial charge in [-0.1, -0.05) is 54.6 Å². The zero-order valence-corrected chi connectivity index (χ0v) is 15.0. The molecule has 0 aromatic heterocycles. The second kappa shape index (κ2) is 8.81. The van der Waals surface area contributed by atoms with Crippen molar-refractivity contribution in [3.63, 3.8) is 0 Å². The van der Waals surface area contributed by atoms with E-state index < -0.39 is 0 Å². The average Bonchev–Trinajstić information content (AvgIpc) is 2.72. The zero-order valence-electron chi connectivity index (χ0n) is 15.0. The summed E-state index contributed by atoms with van der Waals surface area (Å²) in [7, 11) is 3.32. The summed E-state index contributed by atoms with van der Waals surface area (Å²) >= 11 is 0. The molecule has 0 amide bonds. The largest absolute Gasteiger partial charge is 0.497 e. The lowest BCUT2D eigenvalue weighted by Crippen LogP contribution is -1.98. The highest BCUT2D eigenvalue weighted by atomic mass is 16.5. The van der Waals surface area contributed by atoms with Crippen LogP contribution in [0.15, 0.2) is 89.1 Å². The lowest BCUT2D eigenvalue weighted by molar-refractivity contribution is 0.414. The predicted molar refractivity (Wildman–Crippen MR) is 103 cm³/mol. The van der Waals surface area contributed by atoms with Crippen molar-refractivity contribution >= 4 is 0 Å². The summed E-state index contributed by atoms with van der Waals surface area (Å²) in [5.41, 5.74) is 3.26. The third kappa shape index (κ3) is 4.48. The minimum absolute atomic E-state index is 0.171. The molecule has 0 aliphatic rings. The van der Waals surface area contributed by atoms with Crippen LogP contribution in [-0.4, -0.2) is 14.2 Å². The molecule has 0 aliphatic heterocycles. The molecule has 0 fully saturated rings. The fourth-order valence-corrected chi connectivity index (χ4v) is 2.69. The molecule has 0 spiro atoms. The minimum Gasteiger partial charge on any atom is -0.497 e. The van der Waals surface area contributed by atoms with Gasteiger partial charge in [-0.15, -0.1) is 0 Å². The van der Waals surface area contributed by atoms with Crippen LogP contribution in [0.3, 0.4) is 0 Å². The molecule has 26 heavy (non-hydrogen) atoms. The van der Waals surface area contributed by atoms with Gasteiger partial charge in [0, 0.05) is 0 Å². The molecule has 4 nitrogen and oxygen atoms in total. The first-order chi connectivity index (χ1) is 12.8.